The molecule has 0 unspecified atom stereocenters. The standard InChI is InChI=1S/C18H26ClN7S.C16H21Cl2N7S.C16H21FN6S.C15H18Cl2N6OS.C15H20ClN7OS/c1-2-4-18(11-20)5-8-26(9-6-18)13-10-24-17(16(22)25-13)27-12-3-7-23-15(21)14(12)19;1-16(8-19)2-4-25(5-3-16)11-7-22-15(14(21)24-11)26-9-6-10(20)23-13(18)12(9)17;1-16(10-18)3-6-23(7-4-16)13-9-21-15(14(19)22-13)24-12-2-5-20-8-11(12)17;2*16-11-9(1-4-20-12(11)17)25-14-13(18)22-10(7-21-14)23-5-2-15(19,8-24)3-6-23/h3,7,10H,2,4-6,8-9,11,20H2,1H3,(H2,21,23)(H2,22,25);6-7H,2-5,8,19H2,1H3,(H2,20,23)(H2,21,24);2,5,8-9H,3-4,6-7,10,18H2,1H3,(H2,19,22);1,4,7,24H,2-3,5-6,8,19H2,(H2,18,22);1,4,7,24H,2-3,5-6,8,19H2,(H2,17,20)(H2,18,22). The number of aromatic nitrogens is 15. The molecule has 5 saturated heterocycles. The lowest BCUT2D eigenvalue weighted by atomic mass is 9.75. The second-order valence-corrected chi connectivity index (χ2v) is 39.3. The number of nitrogens with zero attached hydrogens (tertiary/aromatic N) is 20. The minimum atomic E-state index is -0.511. The van der Waals surface area contributed by atoms with E-state index in [1.807, 2.05) is 0 Å². The quantitative estimate of drug-likeness (QED) is 0.0280. The molecule has 0 bridgehead atoms. The molecule has 10 aromatic heterocycles. The number of halogens is 7. The van der Waals surface area contributed by atoms with Gasteiger partial charge in [0.05, 0.1) is 75.4 Å². The molecule has 28 N–H and O–H groups in total. The first-order valence-electron chi connectivity index (χ1n) is 40.6. The molecule has 15 rings (SSSR count). The highest BCUT2D eigenvalue weighted by atomic mass is 35.5. The van der Waals surface area contributed by atoms with Gasteiger partial charge in [0.2, 0.25) is 0 Å². The van der Waals surface area contributed by atoms with E-state index in [1.54, 1.807) is 79.9 Å². The lowest BCUT2D eigenvalue weighted by Gasteiger charge is -2.41. The molecule has 35 nitrogen and oxygen atoms in total. The van der Waals surface area contributed by atoms with Crippen molar-refractivity contribution in [2.24, 2.45) is 44.9 Å². The topological polar surface area (TPSA) is 588 Å². The zero-order chi connectivity index (χ0) is 91.5. The molecule has 682 valence electrons. The summed E-state index contributed by atoms with van der Waals surface area (Å²) >= 11 is 42.9. The van der Waals surface area contributed by atoms with Crippen LogP contribution in [-0.4, -0.2) is 194 Å². The number of pyridine rings is 5. The lowest BCUT2D eigenvalue weighted by Crippen LogP contribution is -2.53. The molecule has 0 saturated carbocycles. The molecule has 0 aromatic carbocycles. The van der Waals surface area contributed by atoms with Gasteiger partial charge in [0.25, 0.3) is 0 Å². The highest BCUT2D eigenvalue weighted by Crippen LogP contribution is 2.45. The summed E-state index contributed by atoms with van der Waals surface area (Å²) in [5, 5.41) is 23.3. The van der Waals surface area contributed by atoms with Gasteiger partial charge in [0.15, 0.2) is 40.1 Å². The van der Waals surface area contributed by atoms with Gasteiger partial charge in [-0.05, 0) is 137 Å². The molecule has 0 radical (unpaired) electrons. The van der Waals surface area contributed by atoms with Crippen molar-refractivity contribution in [3.05, 3.63) is 129 Å². The molecule has 47 heteroatoms. The minimum Gasteiger partial charge on any atom is -0.394 e. The summed E-state index contributed by atoms with van der Waals surface area (Å²) in [5.41, 5.74) is 77.2. The van der Waals surface area contributed by atoms with E-state index in [1.165, 1.54) is 65.9 Å². The molecule has 127 heavy (non-hydrogen) atoms. The highest BCUT2D eigenvalue weighted by Gasteiger charge is 2.37. The van der Waals surface area contributed by atoms with Crippen LogP contribution in [0.4, 0.5) is 80.0 Å². The van der Waals surface area contributed by atoms with Gasteiger partial charge in [0, 0.05) is 121 Å². The predicted octanol–water partition coefficient (Wildman–Crippen LogP) is 11.9. The maximum atomic E-state index is 13.7. The van der Waals surface area contributed by atoms with Gasteiger partial charge >= 0.3 is 0 Å². The van der Waals surface area contributed by atoms with Crippen LogP contribution in [0.25, 0.3) is 0 Å². The number of hydrogen-bond acceptors (Lipinski definition) is 40. The van der Waals surface area contributed by atoms with Crippen molar-refractivity contribution < 1.29 is 14.6 Å². The average Bonchev–Trinajstić information content (AvgIpc) is 0.812. The second kappa shape index (κ2) is 45.0. The van der Waals surface area contributed by atoms with Crippen molar-refractivity contribution in [1.82, 2.24) is 74.8 Å². The van der Waals surface area contributed by atoms with Crippen LogP contribution in [0.2, 0.25) is 30.4 Å². The largest absolute Gasteiger partial charge is 0.394 e. The molecule has 5 aliphatic rings. The van der Waals surface area contributed by atoms with Gasteiger partial charge in [0.1, 0.15) is 76.8 Å². The summed E-state index contributed by atoms with van der Waals surface area (Å²) in [4.78, 5) is 78.0. The van der Waals surface area contributed by atoms with E-state index in [0.29, 0.717) is 166 Å². The molecular formula is C80H106Cl6FN33O2S5. The van der Waals surface area contributed by atoms with Crippen molar-refractivity contribution in [3.63, 3.8) is 0 Å². The van der Waals surface area contributed by atoms with Crippen molar-refractivity contribution in [3.8, 4) is 0 Å². The first-order chi connectivity index (χ1) is 60.6. The highest BCUT2D eigenvalue weighted by molar-refractivity contribution is 8.00. The number of anilines is 13. The van der Waals surface area contributed by atoms with Crippen LogP contribution in [0.1, 0.15) is 97.8 Å². The monoisotopic (exact) mass is 1950 g/mol. The molecule has 15 heterocycles. The molecule has 5 aliphatic heterocycles. The Hall–Kier alpha value is -8.31. The fourth-order valence-electron chi connectivity index (χ4n) is 14.1. The lowest BCUT2D eigenvalue weighted by molar-refractivity contribution is 0.170. The molecule has 5 fully saturated rings. The Labute approximate surface area is 787 Å². The normalized spacial score (nSPS) is 16.8. The minimum absolute atomic E-state index is 0.0138. The number of piperidine rings is 5. The summed E-state index contributed by atoms with van der Waals surface area (Å²) < 4.78 is 13.7. The number of nitrogens with two attached hydrogens (primary N) is 13. The number of aliphatic hydroxyl groups is 2. The predicted molar refractivity (Wildman–Crippen MR) is 513 cm³/mol. The van der Waals surface area contributed by atoms with Gasteiger partial charge < -0.3 is 109 Å². The van der Waals surface area contributed by atoms with E-state index < -0.39 is 16.9 Å². The zero-order valence-electron chi connectivity index (χ0n) is 70.3. The van der Waals surface area contributed by atoms with Crippen LogP contribution >= 0.6 is 128 Å². The summed E-state index contributed by atoms with van der Waals surface area (Å²) in [6.07, 6.45) is 27.3. The Morgan fingerprint density at radius 2 is 0.677 bits per heavy atom. The summed E-state index contributed by atoms with van der Waals surface area (Å²) in [7, 11) is 0. The van der Waals surface area contributed by atoms with E-state index in [-0.39, 0.29) is 57.2 Å². The number of rotatable bonds is 22. The van der Waals surface area contributed by atoms with E-state index >= 15 is 0 Å². The van der Waals surface area contributed by atoms with Crippen LogP contribution in [0.3, 0.4) is 0 Å². The van der Waals surface area contributed by atoms with Crippen LogP contribution in [-0.2, 0) is 0 Å². The van der Waals surface area contributed by atoms with E-state index in [0.717, 1.165) is 130 Å². The van der Waals surface area contributed by atoms with Gasteiger partial charge in [-0.15, -0.1) is 0 Å². The SMILES string of the molecule is CC1(CN)CCN(c2cnc(Sc3cc(N)nc(Cl)c3Cl)c(N)n2)CC1.CC1(CN)CCN(c2cnc(Sc3ccncc3F)c(N)n2)CC1.CCCC1(CN)CCN(c2cnc(Sc3ccnc(N)c3Cl)c(N)n2)CC1.Nc1nc(N2CCC(N)(CO)CC2)cnc1Sc1ccnc(Cl)c1Cl.Nc1nc(N2CCC(N)(CO)CC2)cnc1Sc1ccnc(N)c1Cl. The molecule has 0 atom stereocenters. The van der Waals surface area contributed by atoms with E-state index in [9.17, 15) is 14.6 Å². The zero-order valence-corrected chi connectivity index (χ0v) is 78.9. The summed E-state index contributed by atoms with van der Waals surface area (Å²) in [5.74, 6) is 5.81. The van der Waals surface area contributed by atoms with Crippen LogP contribution in [0.5, 0.6) is 0 Å². The Morgan fingerprint density at radius 1 is 0.370 bits per heavy atom. The van der Waals surface area contributed by atoms with E-state index in [4.69, 9.17) is 144 Å². The van der Waals surface area contributed by atoms with Gasteiger partial charge in [-0.1, -0.05) is 156 Å². The van der Waals surface area contributed by atoms with Crippen LogP contribution in [0.15, 0.2) is 142 Å². The van der Waals surface area contributed by atoms with Crippen molar-refractivity contribution in [1.29, 1.82) is 0 Å². The number of nitrogen functional groups attached to an aromatic ring is 8. The fraction of sp³-hybridized carbons (Fsp3) is 0.438. The first kappa shape index (κ1) is 99.3. The van der Waals surface area contributed by atoms with Gasteiger partial charge in [-0.2, -0.15) is 0 Å². The smallest absolute Gasteiger partial charge is 0.158 e. The fourth-order valence-corrected chi connectivity index (χ4v) is 19.3. The maximum absolute atomic E-state index is 13.7. The Balaban J connectivity index is 0.000000154. The van der Waals surface area contributed by atoms with Crippen molar-refractivity contribution in [2.75, 3.05) is 169 Å². The molecule has 0 spiro atoms. The molecule has 10 aromatic rings. The number of aliphatic hydroxyl groups excluding tert-OH is 2. The van der Waals surface area contributed by atoms with Crippen molar-refractivity contribution in [2.45, 2.75) is 159 Å². The third-order valence-corrected chi connectivity index (χ3v) is 30.8. The summed E-state index contributed by atoms with van der Waals surface area (Å²) in [6, 6.07) is 8.50. The van der Waals surface area contributed by atoms with Gasteiger partial charge in [-0.3, -0.25) is 4.98 Å². The van der Waals surface area contributed by atoms with Gasteiger partial charge in [-0.25, -0.2) is 74.2 Å². The number of hydrogen-bond donors (Lipinski definition) is 15. The molecule has 0 amide bonds. The second-order valence-electron chi connectivity index (χ2n) is 31.9. The first-order valence-corrected chi connectivity index (χ1v) is 47.0. The van der Waals surface area contributed by atoms with Crippen LogP contribution < -0.4 is 99.0 Å². The summed E-state index contributed by atoms with van der Waals surface area (Å²) in [6.45, 7) is 16.9. The Bertz CT molecular complexity index is 5240. The average molecular weight is 1950 g/mol. The third kappa shape index (κ3) is 26.3. The third-order valence-electron chi connectivity index (χ3n) is 22.7. The van der Waals surface area contributed by atoms with Crippen LogP contribution in [0, 0.1) is 22.1 Å². The molecular weight excluding hydrogens is 1850 g/mol. The van der Waals surface area contributed by atoms with Crippen molar-refractivity contribution >= 4 is 204 Å². The van der Waals surface area contributed by atoms with E-state index in [2.05, 4.69) is 120 Å². The molecule has 0 aliphatic carbocycles. The maximum Gasteiger partial charge on any atom is 0.158 e. The Kier molecular flexibility index (Phi) is 35.2. The Morgan fingerprint density at radius 3 is 1.00 bits per heavy atom.